The number of benzene rings is 2. The van der Waals surface area contributed by atoms with Crippen LogP contribution in [0.3, 0.4) is 0 Å². The van der Waals surface area contributed by atoms with Crippen molar-refractivity contribution in [3.8, 4) is 11.3 Å². The number of fused-ring (bicyclic) bond motifs is 3. The van der Waals surface area contributed by atoms with E-state index in [1.165, 1.54) is 9.13 Å². The minimum Gasteiger partial charge on any atom is -0.423 e. The Balaban J connectivity index is 1.74. The highest BCUT2D eigenvalue weighted by Gasteiger charge is 2.20. The van der Waals surface area contributed by atoms with Gasteiger partial charge < -0.3 is 4.42 Å². The predicted octanol–water partition coefficient (Wildman–Crippen LogP) is 3.31. The molecule has 0 aliphatic carbocycles. The topological polar surface area (TPSA) is 74.4 Å². The van der Waals surface area contributed by atoms with Crippen LogP contribution >= 0.6 is 11.6 Å². The van der Waals surface area contributed by atoms with E-state index in [0.29, 0.717) is 16.3 Å². The molecule has 0 radical (unpaired) electrons. The molecule has 8 heteroatoms. The number of halogens is 1. The van der Waals surface area contributed by atoms with E-state index < -0.39 is 11.2 Å². The number of aromatic nitrogens is 4. The SMILES string of the molecule is Cn1c(=O)n(Cc2ccccc2)c(=O)c2c1nc1oc(-c3ccc(Cl)cc3)cn12. The van der Waals surface area contributed by atoms with Crippen LogP contribution in [0.1, 0.15) is 5.56 Å². The minimum absolute atomic E-state index is 0.178. The molecule has 0 amide bonds. The lowest BCUT2D eigenvalue weighted by molar-refractivity contribution is 0.610. The smallest absolute Gasteiger partial charge is 0.332 e. The van der Waals surface area contributed by atoms with Crippen molar-refractivity contribution in [3.63, 3.8) is 0 Å². The molecule has 3 heterocycles. The van der Waals surface area contributed by atoms with Crippen molar-refractivity contribution < 1.29 is 4.42 Å². The zero-order valence-electron chi connectivity index (χ0n) is 15.4. The van der Waals surface area contributed by atoms with E-state index in [2.05, 4.69) is 4.98 Å². The molecule has 144 valence electrons. The van der Waals surface area contributed by atoms with Crippen LogP contribution < -0.4 is 11.2 Å². The van der Waals surface area contributed by atoms with Gasteiger partial charge >= 0.3 is 11.5 Å². The summed E-state index contributed by atoms with van der Waals surface area (Å²) < 4.78 is 9.99. The van der Waals surface area contributed by atoms with Gasteiger partial charge in [0.25, 0.3) is 5.56 Å². The summed E-state index contributed by atoms with van der Waals surface area (Å²) in [4.78, 5) is 30.3. The number of hydrogen-bond donors (Lipinski definition) is 0. The largest absolute Gasteiger partial charge is 0.423 e. The number of hydrogen-bond acceptors (Lipinski definition) is 4. The van der Waals surface area contributed by atoms with E-state index in [1.54, 1.807) is 29.8 Å². The van der Waals surface area contributed by atoms with Gasteiger partial charge in [0, 0.05) is 17.6 Å². The van der Waals surface area contributed by atoms with Crippen LogP contribution in [-0.4, -0.2) is 18.5 Å². The molecule has 0 fully saturated rings. The molecule has 29 heavy (non-hydrogen) atoms. The first kappa shape index (κ1) is 17.5. The van der Waals surface area contributed by atoms with Crippen molar-refractivity contribution in [2.75, 3.05) is 0 Å². The second kappa shape index (κ2) is 6.49. The first-order valence-electron chi connectivity index (χ1n) is 8.94. The Morgan fingerprint density at radius 3 is 2.48 bits per heavy atom. The van der Waals surface area contributed by atoms with Crippen molar-refractivity contribution in [1.82, 2.24) is 18.5 Å². The summed E-state index contributed by atoms with van der Waals surface area (Å²) in [7, 11) is 1.60. The quantitative estimate of drug-likeness (QED) is 0.460. The van der Waals surface area contributed by atoms with E-state index in [9.17, 15) is 9.59 Å². The van der Waals surface area contributed by atoms with E-state index in [4.69, 9.17) is 16.0 Å². The second-order valence-corrected chi connectivity index (χ2v) is 7.19. The summed E-state index contributed by atoms with van der Waals surface area (Å²) in [5.41, 5.74) is 1.41. The minimum atomic E-state index is -0.426. The Morgan fingerprint density at radius 2 is 1.76 bits per heavy atom. The van der Waals surface area contributed by atoms with Crippen LogP contribution in [0.5, 0.6) is 0 Å². The van der Waals surface area contributed by atoms with Crippen LogP contribution in [0, 0.1) is 0 Å². The van der Waals surface area contributed by atoms with Crippen LogP contribution in [0.4, 0.5) is 0 Å². The van der Waals surface area contributed by atoms with Crippen LogP contribution in [0.2, 0.25) is 5.02 Å². The number of rotatable bonds is 3. The molecule has 7 nitrogen and oxygen atoms in total. The number of oxazole rings is 1. The Bertz CT molecular complexity index is 1470. The molecular weight excluding hydrogens is 392 g/mol. The van der Waals surface area contributed by atoms with Gasteiger partial charge in [0.05, 0.1) is 12.7 Å². The highest BCUT2D eigenvalue weighted by Crippen LogP contribution is 2.25. The highest BCUT2D eigenvalue weighted by atomic mass is 35.5. The van der Waals surface area contributed by atoms with Gasteiger partial charge in [-0.05, 0) is 29.8 Å². The highest BCUT2D eigenvalue weighted by molar-refractivity contribution is 6.30. The summed E-state index contributed by atoms with van der Waals surface area (Å²) in [5, 5.41) is 0.620. The maximum Gasteiger partial charge on any atom is 0.332 e. The molecule has 0 atom stereocenters. The third kappa shape index (κ3) is 2.78. The molecular formula is C21H15ClN4O3. The van der Waals surface area contributed by atoms with Gasteiger partial charge in [-0.25, -0.2) is 4.79 Å². The van der Waals surface area contributed by atoms with Crippen LogP contribution in [0.25, 0.3) is 28.3 Å². The lowest BCUT2D eigenvalue weighted by Gasteiger charge is -2.08. The van der Waals surface area contributed by atoms with Gasteiger partial charge in [-0.2, -0.15) is 4.98 Å². The van der Waals surface area contributed by atoms with E-state index in [1.807, 2.05) is 42.5 Å². The molecule has 0 saturated heterocycles. The summed E-state index contributed by atoms with van der Waals surface area (Å²) in [5.74, 6) is 0.795. The molecule has 0 bridgehead atoms. The molecule has 3 aromatic heterocycles. The Labute approximate surface area is 169 Å². The van der Waals surface area contributed by atoms with E-state index in [0.717, 1.165) is 11.1 Å². The molecule has 5 aromatic rings. The zero-order valence-corrected chi connectivity index (χ0v) is 16.1. The van der Waals surface area contributed by atoms with Gasteiger partial charge in [-0.3, -0.25) is 18.3 Å². The lowest BCUT2D eigenvalue weighted by Crippen LogP contribution is -2.39. The molecule has 2 aromatic carbocycles. The molecule has 0 aliphatic rings. The van der Waals surface area contributed by atoms with Gasteiger partial charge in [0.2, 0.25) is 0 Å². The van der Waals surface area contributed by atoms with Crippen molar-refractivity contribution in [3.05, 3.63) is 92.2 Å². The average molecular weight is 407 g/mol. The average Bonchev–Trinajstić information content (AvgIpc) is 3.29. The molecule has 0 spiro atoms. The van der Waals surface area contributed by atoms with Crippen molar-refractivity contribution in [2.24, 2.45) is 7.05 Å². The van der Waals surface area contributed by atoms with Gasteiger partial charge in [0.15, 0.2) is 16.9 Å². The van der Waals surface area contributed by atoms with Gasteiger partial charge in [-0.15, -0.1) is 0 Å². The lowest BCUT2D eigenvalue weighted by atomic mass is 10.2. The standard InChI is InChI=1S/C21H15ClN4O3/c1-24-18-17(19(27)26(21(24)28)11-13-5-3-2-4-6-13)25-12-16(29-20(25)23-18)14-7-9-15(22)10-8-14/h2-10,12H,11H2,1H3. The second-order valence-electron chi connectivity index (χ2n) is 6.76. The first-order valence-corrected chi connectivity index (χ1v) is 9.32. The number of nitrogens with zero attached hydrogens (tertiary/aromatic N) is 4. The maximum atomic E-state index is 13.2. The maximum absolute atomic E-state index is 13.2. The molecule has 0 aliphatic heterocycles. The summed E-state index contributed by atoms with van der Waals surface area (Å²) in [6.07, 6.45) is 1.70. The predicted molar refractivity (Wildman–Crippen MR) is 110 cm³/mol. The van der Waals surface area contributed by atoms with Crippen molar-refractivity contribution in [2.45, 2.75) is 6.54 Å². The normalized spacial score (nSPS) is 11.5. The molecule has 5 rings (SSSR count). The van der Waals surface area contributed by atoms with Crippen molar-refractivity contribution in [1.29, 1.82) is 0 Å². The Morgan fingerprint density at radius 1 is 1.03 bits per heavy atom. The summed E-state index contributed by atoms with van der Waals surface area (Å²) in [6, 6.07) is 16.5. The molecule has 0 N–H and O–H groups in total. The van der Waals surface area contributed by atoms with Gasteiger partial charge in [0.1, 0.15) is 0 Å². The third-order valence-corrected chi connectivity index (χ3v) is 5.16. The first-order chi connectivity index (χ1) is 14.0. The number of imidazole rings is 1. The fourth-order valence-corrected chi connectivity index (χ4v) is 3.53. The van der Waals surface area contributed by atoms with E-state index in [-0.39, 0.29) is 18.0 Å². The molecule has 0 unspecified atom stereocenters. The van der Waals surface area contributed by atoms with Crippen LogP contribution in [0.15, 0.2) is 74.8 Å². The van der Waals surface area contributed by atoms with Crippen LogP contribution in [-0.2, 0) is 13.6 Å². The third-order valence-electron chi connectivity index (χ3n) is 4.90. The zero-order chi connectivity index (χ0) is 20.1. The summed E-state index contributed by atoms with van der Waals surface area (Å²) in [6.45, 7) is 0.178. The van der Waals surface area contributed by atoms with Crippen molar-refractivity contribution >= 4 is 28.6 Å². The number of aryl methyl sites for hydroxylation is 1. The Kier molecular flexibility index (Phi) is 3.92. The summed E-state index contributed by atoms with van der Waals surface area (Å²) >= 11 is 5.95. The fourth-order valence-electron chi connectivity index (χ4n) is 3.41. The molecule has 0 saturated carbocycles. The Hall–Kier alpha value is -3.58. The fraction of sp³-hybridized carbons (Fsp3) is 0.0952. The monoisotopic (exact) mass is 406 g/mol. The van der Waals surface area contributed by atoms with Gasteiger partial charge in [-0.1, -0.05) is 41.9 Å². The van der Waals surface area contributed by atoms with E-state index >= 15 is 0 Å².